The maximum absolute atomic E-state index is 6.02. The molecule has 2 fully saturated rings. The molecule has 116 valence electrons. The first-order valence-corrected chi connectivity index (χ1v) is 8.27. The third kappa shape index (κ3) is 3.70. The van der Waals surface area contributed by atoms with E-state index in [4.69, 9.17) is 14.2 Å². The third-order valence-corrected chi connectivity index (χ3v) is 4.82. The molecule has 21 heavy (non-hydrogen) atoms. The summed E-state index contributed by atoms with van der Waals surface area (Å²) in [5.41, 5.74) is 0.0318. The van der Waals surface area contributed by atoms with E-state index >= 15 is 0 Å². The lowest BCUT2D eigenvalue weighted by Crippen LogP contribution is -2.19. The number of benzene rings is 1. The molecule has 2 atom stereocenters. The van der Waals surface area contributed by atoms with Crippen LogP contribution in [0.5, 0.6) is 11.5 Å². The van der Waals surface area contributed by atoms with Crippen LogP contribution in [0.2, 0.25) is 0 Å². The van der Waals surface area contributed by atoms with Gasteiger partial charge in [-0.1, -0.05) is 13.3 Å². The largest absolute Gasteiger partial charge is 0.491 e. The second-order valence-electron chi connectivity index (χ2n) is 6.43. The van der Waals surface area contributed by atoms with Crippen LogP contribution in [-0.2, 0) is 4.74 Å². The van der Waals surface area contributed by atoms with E-state index in [9.17, 15) is 0 Å². The highest BCUT2D eigenvalue weighted by Gasteiger charge is 2.51. The number of ether oxygens (including phenoxy) is 3. The van der Waals surface area contributed by atoms with Gasteiger partial charge in [0.2, 0.25) is 0 Å². The molecule has 0 spiro atoms. The van der Waals surface area contributed by atoms with Crippen molar-refractivity contribution in [3.63, 3.8) is 0 Å². The van der Waals surface area contributed by atoms with Gasteiger partial charge in [-0.25, -0.2) is 0 Å². The number of hydrogen-bond acceptors (Lipinski definition) is 3. The zero-order valence-electron chi connectivity index (χ0n) is 13.1. The Bertz CT molecular complexity index is 450. The lowest BCUT2D eigenvalue weighted by atomic mass is 9.98. The normalized spacial score (nSPS) is 29.1. The van der Waals surface area contributed by atoms with E-state index < -0.39 is 0 Å². The van der Waals surface area contributed by atoms with E-state index in [0.29, 0.717) is 12.7 Å². The first-order chi connectivity index (χ1) is 10.2. The minimum atomic E-state index is 0.0318. The van der Waals surface area contributed by atoms with Crippen molar-refractivity contribution in [1.82, 2.24) is 0 Å². The van der Waals surface area contributed by atoms with Gasteiger partial charge in [-0.05, 0) is 63.3 Å². The lowest BCUT2D eigenvalue weighted by Gasteiger charge is -2.23. The van der Waals surface area contributed by atoms with Crippen LogP contribution in [0.4, 0.5) is 0 Å². The van der Waals surface area contributed by atoms with Crippen LogP contribution in [0.1, 0.15) is 52.4 Å². The summed E-state index contributed by atoms with van der Waals surface area (Å²) in [6.07, 6.45) is 7.99. The van der Waals surface area contributed by atoms with Crippen molar-refractivity contribution in [1.29, 1.82) is 0 Å². The van der Waals surface area contributed by atoms with Crippen molar-refractivity contribution in [2.75, 3.05) is 6.61 Å². The summed E-state index contributed by atoms with van der Waals surface area (Å²) < 4.78 is 17.5. The monoisotopic (exact) mass is 290 g/mol. The summed E-state index contributed by atoms with van der Waals surface area (Å²) in [6, 6.07) is 8.00. The van der Waals surface area contributed by atoms with Gasteiger partial charge in [0.15, 0.2) is 0 Å². The third-order valence-electron chi connectivity index (χ3n) is 4.82. The zero-order valence-corrected chi connectivity index (χ0v) is 13.1. The maximum atomic E-state index is 6.02. The zero-order chi connectivity index (χ0) is 14.7. The molecule has 1 aliphatic carbocycles. The molecule has 0 N–H and O–H groups in total. The Morgan fingerprint density at radius 3 is 2.38 bits per heavy atom. The molecule has 0 bridgehead atoms. The average Bonchev–Trinajstić information content (AvgIpc) is 3.19. The molecule has 3 rings (SSSR count). The van der Waals surface area contributed by atoms with Gasteiger partial charge in [-0.3, -0.25) is 0 Å². The van der Waals surface area contributed by atoms with E-state index in [1.807, 2.05) is 24.3 Å². The lowest BCUT2D eigenvalue weighted by molar-refractivity contribution is 0.155. The Balaban J connectivity index is 1.45. The number of hydrogen-bond donors (Lipinski definition) is 0. The molecule has 0 amide bonds. The summed E-state index contributed by atoms with van der Waals surface area (Å²) in [5, 5.41) is 0. The van der Waals surface area contributed by atoms with Gasteiger partial charge in [0.25, 0.3) is 0 Å². The topological polar surface area (TPSA) is 31.0 Å². The van der Waals surface area contributed by atoms with E-state index in [1.54, 1.807) is 0 Å². The van der Waals surface area contributed by atoms with E-state index in [-0.39, 0.29) is 11.7 Å². The van der Waals surface area contributed by atoms with Crippen LogP contribution < -0.4 is 9.47 Å². The SMILES string of the molecule is CCC1(C)OC1COc1ccc(OC2CCCCC2)cc1. The molecule has 0 aromatic heterocycles. The average molecular weight is 290 g/mol. The molecular formula is C18H26O3. The highest BCUT2D eigenvalue weighted by atomic mass is 16.6. The number of rotatable bonds is 6. The first-order valence-electron chi connectivity index (χ1n) is 8.27. The Morgan fingerprint density at radius 2 is 1.76 bits per heavy atom. The fourth-order valence-electron chi connectivity index (χ4n) is 2.97. The maximum Gasteiger partial charge on any atom is 0.121 e. The molecule has 1 aromatic rings. The predicted octanol–water partition coefficient (Wildman–Crippen LogP) is 4.34. The van der Waals surface area contributed by atoms with Crippen molar-refractivity contribution in [3.8, 4) is 11.5 Å². The molecule has 1 aromatic carbocycles. The Kier molecular flexibility index (Phi) is 4.39. The van der Waals surface area contributed by atoms with Crippen LogP contribution in [0.3, 0.4) is 0 Å². The summed E-state index contributed by atoms with van der Waals surface area (Å²) in [4.78, 5) is 0. The number of epoxide rings is 1. The molecule has 1 saturated carbocycles. The van der Waals surface area contributed by atoms with Crippen molar-refractivity contribution in [2.45, 2.75) is 70.2 Å². The second kappa shape index (κ2) is 6.27. The fourth-order valence-corrected chi connectivity index (χ4v) is 2.97. The van der Waals surface area contributed by atoms with Crippen LogP contribution in [0.15, 0.2) is 24.3 Å². The molecule has 1 heterocycles. The summed E-state index contributed by atoms with van der Waals surface area (Å²) in [6.45, 7) is 4.92. The summed E-state index contributed by atoms with van der Waals surface area (Å²) in [5.74, 6) is 1.84. The highest BCUT2D eigenvalue weighted by molar-refractivity contribution is 5.31. The first kappa shape index (κ1) is 14.7. The van der Waals surface area contributed by atoms with Gasteiger partial charge < -0.3 is 14.2 Å². The van der Waals surface area contributed by atoms with Crippen LogP contribution >= 0.6 is 0 Å². The Labute approximate surface area is 127 Å². The van der Waals surface area contributed by atoms with Crippen molar-refractivity contribution < 1.29 is 14.2 Å². The van der Waals surface area contributed by atoms with Crippen molar-refractivity contribution in [2.24, 2.45) is 0 Å². The van der Waals surface area contributed by atoms with Gasteiger partial charge in [0.1, 0.15) is 24.2 Å². The molecule has 2 unspecified atom stereocenters. The van der Waals surface area contributed by atoms with Crippen LogP contribution in [0.25, 0.3) is 0 Å². The van der Waals surface area contributed by atoms with Gasteiger partial charge in [0.05, 0.1) is 11.7 Å². The fraction of sp³-hybridized carbons (Fsp3) is 0.667. The minimum absolute atomic E-state index is 0.0318. The quantitative estimate of drug-likeness (QED) is 0.730. The van der Waals surface area contributed by atoms with Crippen LogP contribution in [0, 0.1) is 0 Å². The van der Waals surface area contributed by atoms with E-state index in [2.05, 4.69) is 13.8 Å². The molecule has 1 saturated heterocycles. The van der Waals surface area contributed by atoms with Gasteiger partial charge in [0, 0.05) is 0 Å². The van der Waals surface area contributed by atoms with Gasteiger partial charge in [-0.2, -0.15) is 0 Å². The molecule has 3 nitrogen and oxygen atoms in total. The molecule has 1 aliphatic heterocycles. The van der Waals surface area contributed by atoms with Gasteiger partial charge >= 0.3 is 0 Å². The predicted molar refractivity (Wildman–Crippen MR) is 83.0 cm³/mol. The molecule has 3 heteroatoms. The van der Waals surface area contributed by atoms with E-state index in [0.717, 1.165) is 17.9 Å². The molecular weight excluding hydrogens is 264 g/mol. The summed E-state index contributed by atoms with van der Waals surface area (Å²) >= 11 is 0. The summed E-state index contributed by atoms with van der Waals surface area (Å²) in [7, 11) is 0. The molecule has 0 radical (unpaired) electrons. The highest BCUT2D eigenvalue weighted by Crippen LogP contribution is 2.39. The van der Waals surface area contributed by atoms with Crippen molar-refractivity contribution in [3.05, 3.63) is 24.3 Å². The molecule has 2 aliphatic rings. The van der Waals surface area contributed by atoms with Crippen molar-refractivity contribution >= 4 is 0 Å². The Morgan fingerprint density at radius 1 is 1.10 bits per heavy atom. The van der Waals surface area contributed by atoms with Gasteiger partial charge in [-0.15, -0.1) is 0 Å². The second-order valence-corrected chi connectivity index (χ2v) is 6.43. The standard InChI is InChI=1S/C18H26O3/c1-3-18(2)17(21-18)13-19-14-9-11-16(12-10-14)20-15-7-5-4-6-8-15/h9-12,15,17H,3-8,13H2,1-2H3. The Hall–Kier alpha value is -1.22. The van der Waals surface area contributed by atoms with E-state index in [1.165, 1.54) is 32.1 Å². The minimum Gasteiger partial charge on any atom is -0.491 e. The smallest absolute Gasteiger partial charge is 0.121 e. The van der Waals surface area contributed by atoms with Crippen LogP contribution in [-0.4, -0.2) is 24.4 Å².